The molecule has 3 rings (SSSR count). The van der Waals surface area contributed by atoms with Crippen LogP contribution in [0.25, 0.3) is 5.69 Å². The maximum Gasteiger partial charge on any atom is 0.0994 e. The quantitative estimate of drug-likeness (QED) is 0.919. The third kappa shape index (κ3) is 2.60. The van der Waals surface area contributed by atoms with Crippen molar-refractivity contribution in [2.75, 3.05) is 13.1 Å². The lowest BCUT2D eigenvalue weighted by Gasteiger charge is -2.24. The molecule has 4 heteroatoms. The minimum atomic E-state index is 0.617. The molecule has 0 amide bonds. The van der Waals surface area contributed by atoms with Crippen molar-refractivity contribution < 1.29 is 0 Å². The van der Waals surface area contributed by atoms with Crippen LogP contribution in [-0.2, 0) is 0 Å². The molecule has 0 aliphatic carbocycles. The molecule has 1 aliphatic rings. The first-order valence-corrected chi connectivity index (χ1v) is 7.54. The Labute approximate surface area is 122 Å². The average molecular weight is 320 g/mol. The minimum Gasteiger partial charge on any atom is -0.317 e. The van der Waals surface area contributed by atoms with Gasteiger partial charge in [-0.05, 0) is 56.6 Å². The summed E-state index contributed by atoms with van der Waals surface area (Å²) in [6, 6.07) is 6.40. The van der Waals surface area contributed by atoms with Crippen LogP contribution in [0.15, 0.2) is 35.2 Å². The van der Waals surface area contributed by atoms with E-state index in [1.54, 1.807) is 0 Å². The van der Waals surface area contributed by atoms with Crippen molar-refractivity contribution in [2.45, 2.75) is 25.7 Å². The molecule has 1 aromatic heterocycles. The zero-order valence-corrected chi connectivity index (χ0v) is 12.7. The Balaban J connectivity index is 1.99. The van der Waals surface area contributed by atoms with Crippen LogP contribution >= 0.6 is 15.9 Å². The monoisotopic (exact) mass is 319 g/mol. The van der Waals surface area contributed by atoms with Crippen LogP contribution in [-0.4, -0.2) is 22.6 Å². The maximum absolute atomic E-state index is 4.37. The van der Waals surface area contributed by atoms with E-state index in [0.717, 1.165) is 17.6 Å². The molecule has 1 aromatic carbocycles. The van der Waals surface area contributed by atoms with Crippen LogP contribution in [0.2, 0.25) is 0 Å². The first-order chi connectivity index (χ1) is 9.25. The third-order valence-electron chi connectivity index (χ3n) is 3.84. The fraction of sp³-hybridized carbons (Fsp3) is 0.400. The lowest BCUT2D eigenvalue weighted by atomic mass is 9.94. The van der Waals surface area contributed by atoms with Crippen LogP contribution in [0.1, 0.15) is 30.0 Å². The van der Waals surface area contributed by atoms with Gasteiger partial charge in [0.25, 0.3) is 0 Å². The molecule has 3 nitrogen and oxygen atoms in total. The van der Waals surface area contributed by atoms with E-state index in [-0.39, 0.29) is 0 Å². The standard InChI is InChI=1S/C15H18BrN3/c1-11-8-13(16)2-3-14(11)19-10-18-9-15(19)12-4-6-17-7-5-12/h2-3,8-10,12,17H,4-7H2,1H3. The largest absolute Gasteiger partial charge is 0.317 e. The van der Waals surface area contributed by atoms with E-state index in [2.05, 4.69) is 55.9 Å². The molecule has 0 radical (unpaired) electrons. The van der Waals surface area contributed by atoms with Crippen molar-refractivity contribution in [3.05, 3.63) is 46.5 Å². The summed E-state index contributed by atoms with van der Waals surface area (Å²) in [4.78, 5) is 4.37. The van der Waals surface area contributed by atoms with Crippen LogP contribution < -0.4 is 5.32 Å². The predicted octanol–water partition coefficient (Wildman–Crippen LogP) is 3.41. The second-order valence-corrected chi connectivity index (χ2v) is 6.06. The molecule has 1 fully saturated rings. The van der Waals surface area contributed by atoms with Crippen LogP contribution in [0.5, 0.6) is 0 Å². The summed E-state index contributed by atoms with van der Waals surface area (Å²) in [6.07, 6.45) is 6.35. The normalized spacial score (nSPS) is 16.7. The van der Waals surface area contributed by atoms with Gasteiger partial charge in [0.2, 0.25) is 0 Å². The maximum atomic E-state index is 4.37. The average Bonchev–Trinajstić information content (AvgIpc) is 2.89. The van der Waals surface area contributed by atoms with Gasteiger partial charge < -0.3 is 9.88 Å². The van der Waals surface area contributed by atoms with Crippen molar-refractivity contribution in [1.82, 2.24) is 14.9 Å². The molecule has 2 aromatic rings. The molecule has 19 heavy (non-hydrogen) atoms. The van der Waals surface area contributed by atoms with E-state index >= 15 is 0 Å². The van der Waals surface area contributed by atoms with Gasteiger partial charge in [-0.3, -0.25) is 0 Å². The summed E-state index contributed by atoms with van der Waals surface area (Å²) in [7, 11) is 0. The van der Waals surface area contributed by atoms with Gasteiger partial charge in [0.15, 0.2) is 0 Å². The van der Waals surface area contributed by atoms with Gasteiger partial charge in [-0.25, -0.2) is 4.98 Å². The Kier molecular flexibility index (Phi) is 3.71. The second-order valence-electron chi connectivity index (χ2n) is 5.14. The van der Waals surface area contributed by atoms with Gasteiger partial charge in [0.05, 0.1) is 6.33 Å². The lowest BCUT2D eigenvalue weighted by Crippen LogP contribution is -2.27. The predicted molar refractivity (Wildman–Crippen MR) is 80.8 cm³/mol. The van der Waals surface area contributed by atoms with E-state index in [0.29, 0.717) is 5.92 Å². The molecule has 0 unspecified atom stereocenters. The molecular formula is C15H18BrN3. The molecule has 1 N–H and O–H groups in total. The van der Waals surface area contributed by atoms with Crippen molar-refractivity contribution in [1.29, 1.82) is 0 Å². The number of nitrogens with zero attached hydrogens (tertiary/aromatic N) is 2. The zero-order chi connectivity index (χ0) is 13.2. The molecule has 100 valence electrons. The number of nitrogens with one attached hydrogen (secondary N) is 1. The summed E-state index contributed by atoms with van der Waals surface area (Å²) < 4.78 is 3.37. The smallest absolute Gasteiger partial charge is 0.0994 e. The number of halogens is 1. The number of rotatable bonds is 2. The van der Waals surface area contributed by atoms with Gasteiger partial charge in [0.1, 0.15) is 0 Å². The van der Waals surface area contributed by atoms with Gasteiger partial charge in [-0.2, -0.15) is 0 Å². The number of aryl methyl sites for hydroxylation is 1. The lowest BCUT2D eigenvalue weighted by molar-refractivity contribution is 0.449. The van der Waals surface area contributed by atoms with Crippen molar-refractivity contribution in [2.24, 2.45) is 0 Å². The first-order valence-electron chi connectivity index (χ1n) is 6.75. The number of aromatic nitrogens is 2. The first kappa shape index (κ1) is 12.9. The fourth-order valence-corrected chi connectivity index (χ4v) is 3.29. The highest BCUT2D eigenvalue weighted by atomic mass is 79.9. The van der Waals surface area contributed by atoms with Crippen molar-refractivity contribution in [3.8, 4) is 5.69 Å². The van der Waals surface area contributed by atoms with E-state index in [1.165, 1.54) is 29.8 Å². The molecule has 0 spiro atoms. The second kappa shape index (κ2) is 5.47. The molecule has 0 bridgehead atoms. The van der Waals surface area contributed by atoms with E-state index in [4.69, 9.17) is 0 Å². The molecule has 0 saturated carbocycles. The van der Waals surface area contributed by atoms with Gasteiger partial charge in [-0.1, -0.05) is 15.9 Å². The highest BCUT2D eigenvalue weighted by Crippen LogP contribution is 2.28. The zero-order valence-electron chi connectivity index (χ0n) is 11.1. The van der Waals surface area contributed by atoms with Crippen molar-refractivity contribution in [3.63, 3.8) is 0 Å². The Morgan fingerprint density at radius 3 is 2.84 bits per heavy atom. The highest BCUT2D eigenvalue weighted by molar-refractivity contribution is 9.10. The summed E-state index contributed by atoms with van der Waals surface area (Å²) in [6.45, 7) is 4.36. The SMILES string of the molecule is Cc1cc(Br)ccc1-n1cncc1C1CCNCC1. The number of hydrogen-bond donors (Lipinski definition) is 1. The summed E-state index contributed by atoms with van der Waals surface area (Å²) in [5.41, 5.74) is 3.84. The number of piperidine rings is 1. The number of hydrogen-bond acceptors (Lipinski definition) is 2. The highest BCUT2D eigenvalue weighted by Gasteiger charge is 2.19. The molecule has 2 heterocycles. The molecule has 0 atom stereocenters. The van der Waals surface area contributed by atoms with Crippen LogP contribution in [0.3, 0.4) is 0 Å². The Morgan fingerprint density at radius 2 is 2.11 bits per heavy atom. The van der Waals surface area contributed by atoms with Crippen molar-refractivity contribution >= 4 is 15.9 Å². The topological polar surface area (TPSA) is 29.9 Å². The van der Waals surface area contributed by atoms with Gasteiger partial charge >= 0.3 is 0 Å². The third-order valence-corrected chi connectivity index (χ3v) is 4.34. The molecular weight excluding hydrogens is 302 g/mol. The van der Waals surface area contributed by atoms with Crippen LogP contribution in [0, 0.1) is 6.92 Å². The Bertz CT molecular complexity index is 571. The van der Waals surface area contributed by atoms with Crippen LogP contribution in [0.4, 0.5) is 0 Å². The molecule has 1 aliphatic heterocycles. The summed E-state index contributed by atoms with van der Waals surface area (Å²) in [5, 5.41) is 3.42. The van der Waals surface area contributed by atoms with Gasteiger partial charge in [-0.15, -0.1) is 0 Å². The number of imidazole rings is 1. The Hall–Kier alpha value is -1.13. The minimum absolute atomic E-state index is 0.617. The van der Waals surface area contributed by atoms with E-state index < -0.39 is 0 Å². The number of benzene rings is 1. The van der Waals surface area contributed by atoms with Gasteiger partial charge in [0, 0.05) is 28.0 Å². The Morgan fingerprint density at radius 1 is 1.32 bits per heavy atom. The van der Waals surface area contributed by atoms with E-state index in [1.807, 2.05) is 12.5 Å². The molecule has 1 saturated heterocycles. The fourth-order valence-electron chi connectivity index (χ4n) is 2.82. The summed E-state index contributed by atoms with van der Waals surface area (Å²) >= 11 is 3.52. The van der Waals surface area contributed by atoms with E-state index in [9.17, 15) is 0 Å². The summed E-state index contributed by atoms with van der Waals surface area (Å²) in [5.74, 6) is 0.617.